The number of aliphatic imine (C=N–C) groups is 1. The smallest absolute Gasteiger partial charge is 0.335 e. The largest absolute Gasteiger partial charge is 0.488 e. The third-order valence-electron chi connectivity index (χ3n) is 4.84. The summed E-state index contributed by atoms with van der Waals surface area (Å²) >= 11 is 0. The van der Waals surface area contributed by atoms with Gasteiger partial charge < -0.3 is 9.84 Å². The number of hydrogen-bond donors (Lipinski definition) is 1. The van der Waals surface area contributed by atoms with E-state index in [9.17, 15) is 4.79 Å². The van der Waals surface area contributed by atoms with Crippen LogP contribution in [0.15, 0.2) is 108 Å². The molecular formula is C27H21NO3. The van der Waals surface area contributed by atoms with Crippen molar-refractivity contribution in [3.63, 3.8) is 0 Å². The molecule has 4 heteroatoms. The molecule has 0 aromatic heterocycles. The second-order valence-electron chi connectivity index (χ2n) is 7.00. The molecule has 0 unspecified atom stereocenters. The summed E-state index contributed by atoms with van der Waals surface area (Å²) in [6, 6.07) is 32.7. The van der Waals surface area contributed by atoms with Crippen LogP contribution in [0.5, 0.6) is 5.75 Å². The van der Waals surface area contributed by atoms with Gasteiger partial charge in [-0.15, -0.1) is 0 Å². The molecule has 4 aromatic carbocycles. The maximum atomic E-state index is 11.0. The molecule has 0 aliphatic carbocycles. The van der Waals surface area contributed by atoms with Crippen LogP contribution in [0.3, 0.4) is 0 Å². The number of para-hydroxylation sites is 1. The Morgan fingerprint density at radius 1 is 0.774 bits per heavy atom. The van der Waals surface area contributed by atoms with E-state index in [4.69, 9.17) is 9.84 Å². The van der Waals surface area contributed by atoms with Crippen LogP contribution >= 0.6 is 0 Å². The van der Waals surface area contributed by atoms with E-state index in [-0.39, 0.29) is 5.56 Å². The van der Waals surface area contributed by atoms with Crippen LogP contribution in [0.2, 0.25) is 0 Å². The van der Waals surface area contributed by atoms with Gasteiger partial charge in [0, 0.05) is 11.8 Å². The molecule has 4 aromatic rings. The lowest BCUT2D eigenvalue weighted by Gasteiger charge is -2.09. The maximum absolute atomic E-state index is 11.0. The first kappa shape index (κ1) is 20.1. The van der Waals surface area contributed by atoms with Gasteiger partial charge in [-0.1, -0.05) is 66.7 Å². The molecule has 31 heavy (non-hydrogen) atoms. The molecule has 0 atom stereocenters. The number of nitrogens with zero attached hydrogens (tertiary/aromatic N) is 1. The molecule has 0 saturated heterocycles. The summed E-state index contributed by atoms with van der Waals surface area (Å²) in [6.45, 7) is 0.344. The van der Waals surface area contributed by atoms with E-state index >= 15 is 0 Å². The van der Waals surface area contributed by atoms with Crippen LogP contribution in [0.4, 0.5) is 5.69 Å². The van der Waals surface area contributed by atoms with Gasteiger partial charge in [-0.05, 0) is 53.1 Å². The highest BCUT2D eigenvalue weighted by Crippen LogP contribution is 2.23. The van der Waals surface area contributed by atoms with Crippen molar-refractivity contribution in [1.82, 2.24) is 0 Å². The van der Waals surface area contributed by atoms with Crippen LogP contribution in [0.1, 0.15) is 21.5 Å². The fourth-order valence-electron chi connectivity index (χ4n) is 3.14. The molecule has 152 valence electrons. The number of carbonyl (C=O) groups is 1. The normalized spacial score (nSPS) is 10.8. The predicted molar refractivity (Wildman–Crippen MR) is 123 cm³/mol. The summed E-state index contributed by atoms with van der Waals surface area (Å²) in [5.41, 5.74) is 5.21. The van der Waals surface area contributed by atoms with E-state index < -0.39 is 5.97 Å². The highest BCUT2D eigenvalue weighted by Gasteiger charge is 2.04. The van der Waals surface area contributed by atoms with Crippen molar-refractivity contribution in [3.8, 4) is 16.9 Å². The first-order valence-electron chi connectivity index (χ1n) is 9.93. The van der Waals surface area contributed by atoms with E-state index in [0.717, 1.165) is 28.1 Å². The van der Waals surface area contributed by atoms with Gasteiger partial charge in [-0.3, -0.25) is 4.99 Å². The molecule has 0 aliphatic heterocycles. The number of aromatic carboxylic acids is 1. The molecular weight excluding hydrogens is 386 g/mol. The van der Waals surface area contributed by atoms with Gasteiger partial charge >= 0.3 is 5.97 Å². The second-order valence-corrected chi connectivity index (χ2v) is 7.00. The molecule has 0 fully saturated rings. The predicted octanol–water partition coefficient (Wildman–Crippen LogP) is 6.38. The monoisotopic (exact) mass is 407 g/mol. The van der Waals surface area contributed by atoms with Gasteiger partial charge in [-0.2, -0.15) is 0 Å². The average Bonchev–Trinajstić information content (AvgIpc) is 2.83. The highest BCUT2D eigenvalue weighted by atomic mass is 16.5. The Balaban J connectivity index is 1.44. The van der Waals surface area contributed by atoms with Crippen molar-refractivity contribution < 1.29 is 14.6 Å². The zero-order valence-electron chi connectivity index (χ0n) is 16.8. The van der Waals surface area contributed by atoms with Crippen molar-refractivity contribution in [1.29, 1.82) is 0 Å². The number of hydrogen-bond acceptors (Lipinski definition) is 3. The third-order valence-corrected chi connectivity index (χ3v) is 4.84. The van der Waals surface area contributed by atoms with Crippen molar-refractivity contribution >= 4 is 17.9 Å². The topological polar surface area (TPSA) is 58.9 Å². The van der Waals surface area contributed by atoms with Crippen LogP contribution in [-0.4, -0.2) is 17.3 Å². The molecule has 1 N–H and O–H groups in total. The zero-order valence-corrected chi connectivity index (χ0v) is 16.8. The molecule has 4 nitrogen and oxygen atoms in total. The summed E-state index contributed by atoms with van der Waals surface area (Å²) in [6.07, 6.45) is 1.79. The van der Waals surface area contributed by atoms with E-state index in [1.165, 1.54) is 5.56 Å². The maximum Gasteiger partial charge on any atom is 0.335 e. The number of benzene rings is 4. The van der Waals surface area contributed by atoms with E-state index in [1.807, 2.05) is 54.6 Å². The lowest BCUT2D eigenvalue weighted by Crippen LogP contribution is -2.00. The number of carboxylic acids is 1. The SMILES string of the molecule is O=C(O)c1ccc(COc2ccccc2C=Nc2ccc(-c3ccccc3)cc2)cc1. The van der Waals surface area contributed by atoms with Gasteiger partial charge in [0.2, 0.25) is 0 Å². The molecule has 0 aliphatic rings. The van der Waals surface area contributed by atoms with Gasteiger partial charge in [0.1, 0.15) is 12.4 Å². The van der Waals surface area contributed by atoms with Crippen LogP contribution < -0.4 is 4.74 Å². The summed E-state index contributed by atoms with van der Waals surface area (Å²) in [5.74, 6) is -0.222. The summed E-state index contributed by atoms with van der Waals surface area (Å²) in [5, 5.41) is 9.00. The average molecular weight is 407 g/mol. The van der Waals surface area contributed by atoms with Gasteiger partial charge in [0.25, 0.3) is 0 Å². The first-order chi connectivity index (χ1) is 15.2. The Labute approximate surface area is 181 Å². The quantitative estimate of drug-likeness (QED) is 0.362. The molecule has 0 saturated carbocycles. The van der Waals surface area contributed by atoms with Crippen LogP contribution in [-0.2, 0) is 6.61 Å². The number of ether oxygens (including phenoxy) is 1. The van der Waals surface area contributed by atoms with Gasteiger partial charge in [0.05, 0.1) is 11.3 Å². The standard InChI is InChI=1S/C27H21NO3/c29-27(30)23-12-10-20(11-13-23)19-31-26-9-5-4-8-24(26)18-28-25-16-14-22(15-17-25)21-6-2-1-3-7-21/h1-18H,19H2,(H,29,30). The van der Waals surface area contributed by atoms with Crippen molar-refractivity contribution in [2.45, 2.75) is 6.61 Å². The minimum Gasteiger partial charge on any atom is -0.488 e. The fourth-order valence-corrected chi connectivity index (χ4v) is 3.14. The molecule has 0 amide bonds. The Hall–Kier alpha value is -4.18. The van der Waals surface area contributed by atoms with Crippen molar-refractivity contribution in [2.24, 2.45) is 4.99 Å². The molecule has 0 bridgehead atoms. The lowest BCUT2D eigenvalue weighted by atomic mass is 10.1. The highest BCUT2D eigenvalue weighted by molar-refractivity contribution is 5.87. The van der Waals surface area contributed by atoms with E-state index in [0.29, 0.717) is 6.61 Å². The summed E-state index contributed by atoms with van der Waals surface area (Å²) in [4.78, 5) is 15.6. The van der Waals surface area contributed by atoms with Crippen LogP contribution in [0.25, 0.3) is 11.1 Å². The number of carboxylic acid groups (broad SMARTS) is 1. The third kappa shape index (κ3) is 5.25. The van der Waals surface area contributed by atoms with E-state index in [1.54, 1.807) is 30.5 Å². The van der Waals surface area contributed by atoms with Gasteiger partial charge in [-0.25, -0.2) is 4.79 Å². The second kappa shape index (κ2) is 9.55. The number of rotatable bonds is 7. The minimum absolute atomic E-state index is 0.259. The zero-order chi connectivity index (χ0) is 21.5. The summed E-state index contributed by atoms with van der Waals surface area (Å²) < 4.78 is 5.95. The Bertz CT molecular complexity index is 1180. The Morgan fingerprint density at radius 3 is 2.13 bits per heavy atom. The molecule has 4 rings (SSSR count). The van der Waals surface area contributed by atoms with E-state index in [2.05, 4.69) is 29.3 Å². The van der Waals surface area contributed by atoms with Gasteiger partial charge in [0.15, 0.2) is 0 Å². The Kier molecular flexibility index (Phi) is 6.19. The Morgan fingerprint density at radius 2 is 1.42 bits per heavy atom. The van der Waals surface area contributed by atoms with Crippen molar-refractivity contribution in [3.05, 3.63) is 120 Å². The molecule has 0 spiro atoms. The summed E-state index contributed by atoms with van der Waals surface area (Å²) in [7, 11) is 0. The fraction of sp³-hybridized carbons (Fsp3) is 0.0370. The van der Waals surface area contributed by atoms with Crippen LogP contribution in [0, 0.1) is 0 Å². The minimum atomic E-state index is -0.939. The van der Waals surface area contributed by atoms with Crippen molar-refractivity contribution in [2.75, 3.05) is 0 Å². The first-order valence-corrected chi connectivity index (χ1v) is 9.93. The molecule has 0 heterocycles. The lowest BCUT2D eigenvalue weighted by molar-refractivity contribution is 0.0697. The molecule has 0 radical (unpaired) electrons.